The second-order valence-corrected chi connectivity index (χ2v) is 9.16. The van der Waals surface area contributed by atoms with E-state index in [0.29, 0.717) is 25.3 Å². The summed E-state index contributed by atoms with van der Waals surface area (Å²) in [6, 6.07) is 15.0. The van der Waals surface area contributed by atoms with Crippen LogP contribution in [-0.2, 0) is 11.2 Å². The molecule has 0 aliphatic rings. The van der Waals surface area contributed by atoms with Gasteiger partial charge in [0.05, 0.1) is 5.56 Å². The van der Waals surface area contributed by atoms with Crippen LogP contribution < -0.4 is 5.32 Å². The van der Waals surface area contributed by atoms with Crippen LogP contribution in [0.1, 0.15) is 67.4 Å². The largest absolute Gasteiger partial charge is 0.355 e. The molecule has 0 aliphatic heterocycles. The summed E-state index contributed by atoms with van der Waals surface area (Å²) in [4.78, 5) is 26.6. The summed E-state index contributed by atoms with van der Waals surface area (Å²) >= 11 is 0. The first kappa shape index (κ1) is 25.7. The minimum absolute atomic E-state index is 0.0198. The van der Waals surface area contributed by atoms with Gasteiger partial charge in [-0.2, -0.15) is 0 Å². The molecule has 0 unspecified atom stereocenters. The number of ketones is 1. The molecule has 0 saturated carbocycles. The van der Waals surface area contributed by atoms with E-state index in [1.165, 1.54) is 11.6 Å². The Balaban J connectivity index is 2.00. The number of hydrogen-bond acceptors (Lipinski definition) is 3. The van der Waals surface area contributed by atoms with E-state index in [1.807, 2.05) is 37.2 Å². The maximum absolute atomic E-state index is 14.4. The number of benzene rings is 2. The molecule has 2 rings (SSSR count). The molecule has 0 heterocycles. The third-order valence-corrected chi connectivity index (χ3v) is 5.85. The van der Waals surface area contributed by atoms with Gasteiger partial charge in [-0.15, -0.1) is 0 Å². The Bertz CT molecular complexity index is 880. The second kappa shape index (κ2) is 12.5. The molecule has 2 aromatic rings. The molecular weight excluding hydrogens is 403 g/mol. The monoisotopic (exact) mass is 440 g/mol. The van der Waals surface area contributed by atoms with Crippen molar-refractivity contribution in [2.24, 2.45) is 5.92 Å². The maximum atomic E-state index is 14.4. The fourth-order valence-corrected chi connectivity index (χ4v) is 3.97. The Morgan fingerprint density at radius 2 is 1.75 bits per heavy atom. The van der Waals surface area contributed by atoms with E-state index >= 15 is 0 Å². The van der Waals surface area contributed by atoms with Crippen molar-refractivity contribution in [3.05, 3.63) is 71.0 Å². The first-order valence-corrected chi connectivity index (χ1v) is 11.5. The molecule has 2 aromatic carbocycles. The fourth-order valence-electron chi connectivity index (χ4n) is 3.97. The molecule has 174 valence electrons. The Kier molecular flexibility index (Phi) is 10.0. The van der Waals surface area contributed by atoms with Crippen LogP contribution in [0.25, 0.3) is 0 Å². The molecule has 1 amide bonds. The standard InChI is InChI=1S/C27H37FN2O2/c1-6-26(31)24-13-12-20(16-25(24)28)15-23(30(4)5)18-29-27(32)17-22(14-19(2)3)21-10-8-7-9-11-21/h7-13,16,19,22-23H,6,14-15,17-18H2,1-5H3,(H,29,32)/t22-,23-/m0/s1. The van der Waals surface area contributed by atoms with Crippen LogP contribution in [0.15, 0.2) is 48.5 Å². The number of amides is 1. The summed E-state index contributed by atoms with van der Waals surface area (Å²) in [5, 5.41) is 3.08. The average Bonchev–Trinajstić information content (AvgIpc) is 2.75. The summed E-state index contributed by atoms with van der Waals surface area (Å²) in [5.41, 5.74) is 2.14. The Hall–Kier alpha value is -2.53. The summed E-state index contributed by atoms with van der Waals surface area (Å²) in [5.74, 6) is 0.0447. The fraction of sp³-hybridized carbons (Fsp3) is 0.481. The van der Waals surface area contributed by atoms with Crippen molar-refractivity contribution in [2.45, 2.75) is 58.4 Å². The van der Waals surface area contributed by atoms with E-state index < -0.39 is 5.82 Å². The highest BCUT2D eigenvalue weighted by Gasteiger charge is 2.20. The second-order valence-electron chi connectivity index (χ2n) is 9.16. The first-order valence-electron chi connectivity index (χ1n) is 11.5. The highest BCUT2D eigenvalue weighted by Crippen LogP contribution is 2.27. The summed E-state index contributed by atoms with van der Waals surface area (Å²) in [6.45, 7) is 6.55. The topological polar surface area (TPSA) is 49.4 Å². The number of halogens is 1. The number of nitrogens with zero attached hydrogens (tertiary/aromatic N) is 1. The van der Waals surface area contributed by atoms with Gasteiger partial charge < -0.3 is 10.2 Å². The van der Waals surface area contributed by atoms with Gasteiger partial charge in [0.2, 0.25) is 5.91 Å². The highest BCUT2D eigenvalue weighted by atomic mass is 19.1. The molecule has 32 heavy (non-hydrogen) atoms. The number of carbonyl (C=O) groups is 2. The van der Waals surface area contributed by atoms with Crippen LogP contribution in [0, 0.1) is 11.7 Å². The van der Waals surface area contributed by atoms with Crippen molar-refractivity contribution in [1.82, 2.24) is 10.2 Å². The normalized spacial score (nSPS) is 13.2. The lowest BCUT2D eigenvalue weighted by Gasteiger charge is -2.26. The first-order chi connectivity index (χ1) is 15.2. The molecule has 5 heteroatoms. The van der Waals surface area contributed by atoms with Crippen LogP contribution in [-0.4, -0.2) is 43.3 Å². The molecule has 2 atom stereocenters. The van der Waals surface area contributed by atoms with Gasteiger partial charge in [-0.1, -0.05) is 57.2 Å². The molecule has 0 bridgehead atoms. The summed E-state index contributed by atoms with van der Waals surface area (Å²) in [7, 11) is 3.90. The number of carbonyl (C=O) groups excluding carboxylic acids is 2. The molecule has 0 aromatic heterocycles. The van der Waals surface area contributed by atoms with Crippen molar-refractivity contribution in [3.8, 4) is 0 Å². The average molecular weight is 441 g/mol. The van der Waals surface area contributed by atoms with Gasteiger partial charge in [0, 0.05) is 25.4 Å². The van der Waals surface area contributed by atoms with Crippen LogP contribution >= 0.6 is 0 Å². The smallest absolute Gasteiger partial charge is 0.220 e. The zero-order chi connectivity index (χ0) is 23.7. The van der Waals surface area contributed by atoms with Crippen molar-refractivity contribution < 1.29 is 14.0 Å². The quantitative estimate of drug-likeness (QED) is 0.460. The Morgan fingerprint density at radius 3 is 2.31 bits per heavy atom. The third-order valence-electron chi connectivity index (χ3n) is 5.85. The molecule has 4 nitrogen and oxygen atoms in total. The predicted octanol–water partition coefficient (Wildman–Crippen LogP) is 5.23. The van der Waals surface area contributed by atoms with E-state index in [-0.39, 0.29) is 35.6 Å². The van der Waals surface area contributed by atoms with E-state index in [1.54, 1.807) is 19.1 Å². The van der Waals surface area contributed by atoms with E-state index in [2.05, 4.69) is 31.3 Å². The zero-order valence-electron chi connectivity index (χ0n) is 20.0. The van der Waals surface area contributed by atoms with Gasteiger partial charge in [0.25, 0.3) is 0 Å². The number of hydrogen-bond donors (Lipinski definition) is 1. The number of Topliss-reactive ketones (excluding diaryl/α,β-unsaturated/α-hetero) is 1. The van der Waals surface area contributed by atoms with E-state index in [9.17, 15) is 14.0 Å². The number of rotatable bonds is 12. The van der Waals surface area contributed by atoms with Crippen LogP contribution in [0.3, 0.4) is 0 Å². The van der Waals surface area contributed by atoms with E-state index in [4.69, 9.17) is 0 Å². The lowest BCUT2D eigenvalue weighted by Crippen LogP contribution is -2.42. The lowest BCUT2D eigenvalue weighted by molar-refractivity contribution is -0.121. The molecule has 1 N–H and O–H groups in total. The Labute approximate surface area is 192 Å². The Morgan fingerprint density at radius 1 is 1.06 bits per heavy atom. The molecule has 0 fully saturated rings. The van der Waals surface area contributed by atoms with Gasteiger partial charge in [-0.25, -0.2) is 4.39 Å². The number of likely N-dealkylation sites (N-methyl/N-ethyl adjacent to an activating group) is 1. The van der Waals surface area contributed by atoms with Gasteiger partial charge in [0.1, 0.15) is 5.82 Å². The summed E-state index contributed by atoms with van der Waals surface area (Å²) < 4.78 is 14.4. The van der Waals surface area contributed by atoms with Crippen LogP contribution in [0.4, 0.5) is 4.39 Å². The van der Waals surface area contributed by atoms with Crippen molar-refractivity contribution in [3.63, 3.8) is 0 Å². The predicted molar refractivity (Wildman–Crippen MR) is 128 cm³/mol. The zero-order valence-corrected chi connectivity index (χ0v) is 20.0. The van der Waals surface area contributed by atoms with Crippen molar-refractivity contribution in [1.29, 1.82) is 0 Å². The van der Waals surface area contributed by atoms with Crippen molar-refractivity contribution >= 4 is 11.7 Å². The maximum Gasteiger partial charge on any atom is 0.220 e. The van der Waals surface area contributed by atoms with Gasteiger partial charge in [0.15, 0.2) is 5.78 Å². The molecule has 0 aliphatic carbocycles. The number of nitrogens with one attached hydrogen (secondary N) is 1. The molecular formula is C27H37FN2O2. The third kappa shape index (κ3) is 7.86. The van der Waals surface area contributed by atoms with Gasteiger partial charge in [-0.3, -0.25) is 9.59 Å². The van der Waals surface area contributed by atoms with E-state index in [0.717, 1.165) is 12.0 Å². The van der Waals surface area contributed by atoms with Crippen LogP contribution in [0.5, 0.6) is 0 Å². The lowest BCUT2D eigenvalue weighted by atomic mass is 9.87. The van der Waals surface area contributed by atoms with Crippen molar-refractivity contribution in [2.75, 3.05) is 20.6 Å². The minimum Gasteiger partial charge on any atom is -0.355 e. The SMILES string of the molecule is CCC(=O)c1ccc(C[C@@H](CNC(=O)C[C@H](CC(C)C)c2ccccc2)N(C)C)cc1F. The van der Waals surface area contributed by atoms with Gasteiger partial charge >= 0.3 is 0 Å². The minimum atomic E-state index is -0.477. The summed E-state index contributed by atoms with van der Waals surface area (Å²) in [6.07, 6.45) is 2.27. The molecule has 0 radical (unpaired) electrons. The highest BCUT2D eigenvalue weighted by molar-refractivity contribution is 5.96. The van der Waals surface area contributed by atoms with Gasteiger partial charge in [-0.05, 0) is 62.0 Å². The molecule has 0 saturated heterocycles. The molecule has 0 spiro atoms. The van der Waals surface area contributed by atoms with Crippen LogP contribution in [0.2, 0.25) is 0 Å².